The Morgan fingerprint density at radius 2 is 2.12 bits per heavy atom. The summed E-state index contributed by atoms with van der Waals surface area (Å²) >= 11 is 1.41. The highest BCUT2D eigenvalue weighted by Gasteiger charge is 2.21. The number of piperidine rings is 1. The molecule has 7 heteroatoms. The second-order valence-corrected chi connectivity index (χ2v) is 8.29. The lowest BCUT2D eigenvalue weighted by Crippen LogP contribution is -2.40. The highest BCUT2D eigenvalue weighted by atomic mass is 32.2. The summed E-state index contributed by atoms with van der Waals surface area (Å²) in [4.78, 5) is 23.6. The lowest BCUT2D eigenvalue weighted by atomic mass is 10.0. The quantitative estimate of drug-likeness (QED) is 0.724. The summed E-state index contributed by atoms with van der Waals surface area (Å²) in [5, 5.41) is 5.22. The molecule has 0 spiro atoms. The molecule has 1 fully saturated rings. The lowest BCUT2D eigenvalue weighted by Gasteiger charge is -2.30. The summed E-state index contributed by atoms with van der Waals surface area (Å²) in [7, 11) is 0. The van der Waals surface area contributed by atoms with E-state index in [1.807, 2.05) is 16.3 Å². The molecule has 142 valence electrons. The van der Waals surface area contributed by atoms with Gasteiger partial charge in [-0.15, -0.1) is 5.10 Å². The fraction of sp³-hybridized carbons (Fsp3) is 0.684. The number of amides is 1. The molecule has 1 atom stereocenters. The summed E-state index contributed by atoms with van der Waals surface area (Å²) in [6.07, 6.45) is 5.65. The van der Waals surface area contributed by atoms with Gasteiger partial charge in [-0.25, -0.2) is 9.50 Å². The molecule has 2 aromatic heterocycles. The highest BCUT2D eigenvalue weighted by molar-refractivity contribution is 7.99. The Labute approximate surface area is 159 Å². The zero-order valence-electron chi connectivity index (χ0n) is 16.3. The number of unbranched alkanes of at least 4 members (excludes halogenated alkanes) is 1. The molecule has 0 radical (unpaired) electrons. The van der Waals surface area contributed by atoms with Crippen LogP contribution in [0.4, 0.5) is 0 Å². The first-order valence-electron chi connectivity index (χ1n) is 9.63. The number of hydrogen-bond donors (Lipinski definition) is 0. The molecule has 1 aliphatic heterocycles. The van der Waals surface area contributed by atoms with Gasteiger partial charge < -0.3 is 4.90 Å². The van der Waals surface area contributed by atoms with Gasteiger partial charge in [0, 0.05) is 24.5 Å². The van der Waals surface area contributed by atoms with Crippen LogP contribution in [0.3, 0.4) is 0 Å². The predicted octanol–water partition coefficient (Wildman–Crippen LogP) is 3.43. The topological polar surface area (TPSA) is 63.4 Å². The minimum Gasteiger partial charge on any atom is -0.342 e. The van der Waals surface area contributed by atoms with E-state index < -0.39 is 0 Å². The van der Waals surface area contributed by atoms with Crippen molar-refractivity contribution in [3.8, 4) is 0 Å². The zero-order valence-corrected chi connectivity index (χ0v) is 17.1. The van der Waals surface area contributed by atoms with Crippen LogP contribution in [-0.2, 0) is 11.2 Å². The minimum atomic E-state index is 0.185. The van der Waals surface area contributed by atoms with Gasteiger partial charge in [0.05, 0.1) is 5.75 Å². The number of carbonyl (C=O) groups excluding carboxylic acids is 1. The van der Waals surface area contributed by atoms with E-state index in [4.69, 9.17) is 0 Å². The predicted molar refractivity (Wildman–Crippen MR) is 105 cm³/mol. The standard InChI is InChI=1S/C19H29N5OS/c1-5-6-9-16-14(3)20-18-21-19(22-24(18)15(16)4)26-12-17(25)23-10-7-8-13(2)11-23/h13H,5-12H2,1-4H3. The minimum absolute atomic E-state index is 0.185. The number of aryl methyl sites for hydroxylation is 2. The van der Waals surface area contributed by atoms with Crippen LogP contribution in [0, 0.1) is 19.8 Å². The van der Waals surface area contributed by atoms with Crippen LogP contribution in [0.2, 0.25) is 0 Å². The number of fused-ring (bicyclic) bond motifs is 1. The molecular formula is C19H29N5OS. The average Bonchev–Trinajstić information content (AvgIpc) is 3.02. The third-order valence-electron chi connectivity index (χ3n) is 5.14. The van der Waals surface area contributed by atoms with Crippen LogP contribution in [0.25, 0.3) is 5.78 Å². The summed E-state index contributed by atoms with van der Waals surface area (Å²) in [5.74, 6) is 1.80. The maximum absolute atomic E-state index is 12.5. The first-order valence-corrected chi connectivity index (χ1v) is 10.6. The Bertz CT molecular complexity index is 788. The van der Waals surface area contributed by atoms with Gasteiger partial charge in [-0.2, -0.15) is 4.98 Å². The van der Waals surface area contributed by atoms with Crippen LogP contribution in [0.15, 0.2) is 5.16 Å². The summed E-state index contributed by atoms with van der Waals surface area (Å²) in [6, 6.07) is 0. The van der Waals surface area contributed by atoms with Gasteiger partial charge in [0.15, 0.2) is 0 Å². The molecule has 0 bridgehead atoms. The van der Waals surface area contributed by atoms with Crippen molar-refractivity contribution < 1.29 is 4.79 Å². The van der Waals surface area contributed by atoms with Crippen LogP contribution >= 0.6 is 11.8 Å². The van der Waals surface area contributed by atoms with E-state index in [1.54, 1.807) is 0 Å². The molecule has 0 N–H and O–H groups in total. The van der Waals surface area contributed by atoms with Crippen molar-refractivity contribution in [1.82, 2.24) is 24.5 Å². The number of rotatable bonds is 6. The van der Waals surface area contributed by atoms with Crippen LogP contribution in [0.1, 0.15) is 56.5 Å². The maximum atomic E-state index is 12.5. The molecule has 2 aromatic rings. The van der Waals surface area contributed by atoms with Crippen molar-refractivity contribution in [2.24, 2.45) is 5.92 Å². The average molecular weight is 376 g/mol. The summed E-state index contributed by atoms with van der Waals surface area (Å²) in [6.45, 7) is 10.3. The largest absolute Gasteiger partial charge is 0.342 e. The normalized spacial score (nSPS) is 17.8. The Morgan fingerprint density at radius 1 is 1.31 bits per heavy atom. The number of aromatic nitrogens is 4. The van der Waals surface area contributed by atoms with Crippen molar-refractivity contribution >= 4 is 23.4 Å². The molecule has 0 saturated carbocycles. The zero-order chi connectivity index (χ0) is 18.7. The molecule has 1 amide bonds. The summed E-state index contributed by atoms with van der Waals surface area (Å²) < 4.78 is 1.83. The number of likely N-dealkylation sites (tertiary alicyclic amines) is 1. The SMILES string of the molecule is CCCCc1c(C)nc2nc(SCC(=O)N3CCCC(C)C3)nn2c1C. The Balaban J connectivity index is 1.71. The van der Waals surface area contributed by atoms with E-state index in [9.17, 15) is 4.79 Å². The van der Waals surface area contributed by atoms with Crippen molar-refractivity contribution in [2.45, 2.75) is 65.0 Å². The number of thioether (sulfide) groups is 1. The van der Waals surface area contributed by atoms with Gasteiger partial charge in [0.1, 0.15) is 0 Å². The molecular weight excluding hydrogens is 346 g/mol. The Morgan fingerprint density at radius 3 is 2.85 bits per heavy atom. The van der Waals surface area contributed by atoms with Gasteiger partial charge in [-0.05, 0) is 51.0 Å². The molecule has 1 saturated heterocycles. The van der Waals surface area contributed by atoms with E-state index >= 15 is 0 Å². The lowest BCUT2D eigenvalue weighted by molar-refractivity contribution is -0.130. The molecule has 3 heterocycles. The van der Waals surface area contributed by atoms with Crippen molar-refractivity contribution in [2.75, 3.05) is 18.8 Å². The third kappa shape index (κ3) is 4.19. The van der Waals surface area contributed by atoms with Crippen LogP contribution < -0.4 is 0 Å². The van der Waals surface area contributed by atoms with E-state index in [0.717, 1.165) is 50.2 Å². The Hall–Kier alpha value is -1.63. The van der Waals surface area contributed by atoms with Crippen LogP contribution in [0.5, 0.6) is 0 Å². The molecule has 6 nitrogen and oxygen atoms in total. The number of nitrogens with zero attached hydrogens (tertiary/aromatic N) is 5. The fourth-order valence-corrected chi connectivity index (χ4v) is 4.32. The van der Waals surface area contributed by atoms with Gasteiger partial charge >= 0.3 is 0 Å². The van der Waals surface area contributed by atoms with Crippen molar-refractivity contribution in [1.29, 1.82) is 0 Å². The number of hydrogen-bond acceptors (Lipinski definition) is 5. The van der Waals surface area contributed by atoms with E-state index in [1.165, 1.54) is 23.7 Å². The first kappa shape index (κ1) is 19.1. The van der Waals surface area contributed by atoms with E-state index in [2.05, 4.69) is 35.8 Å². The van der Waals surface area contributed by atoms with E-state index in [0.29, 0.717) is 22.6 Å². The monoisotopic (exact) mass is 375 g/mol. The number of carbonyl (C=O) groups is 1. The smallest absolute Gasteiger partial charge is 0.253 e. The van der Waals surface area contributed by atoms with Crippen molar-refractivity contribution in [3.63, 3.8) is 0 Å². The highest BCUT2D eigenvalue weighted by Crippen LogP contribution is 2.21. The third-order valence-corrected chi connectivity index (χ3v) is 5.97. The molecule has 0 aliphatic carbocycles. The molecule has 1 aliphatic rings. The molecule has 0 aromatic carbocycles. The molecule has 26 heavy (non-hydrogen) atoms. The molecule has 1 unspecified atom stereocenters. The molecule has 3 rings (SSSR count). The second-order valence-electron chi connectivity index (χ2n) is 7.35. The van der Waals surface area contributed by atoms with Gasteiger partial charge in [0.2, 0.25) is 11.1 Å². The van der Waals surface area contributed by atoms with E-state index in [-0.39, 0.29) is 5.91 Å². The summed E-state index contributed by atoms with van der Waals surface area (Å²) in [5.41, 5.74) is 3.40. The fourth-order valence-electron chi connectivity index (χ4n) is 3.60. The second kappa shape index (κ2) is 8.37. The van der Waals surface area contributed by atoms with Crippen LogP contribution in [-0.4, -0.2) is 49.2 Å². The maximum Gasteiger partial charge on any atom is 0.253 e. The first-order chi connectivity index (χ1) is 12.5. The van der Waals surface area contributed by atoms with Gasteiger partial charge in [-0.1, -0.05) is 32.0 Å². The van der Waals surface area contributed by atoms with Gasteiger partial charge in [-0.3, -0.25) is 4.79 Å². The Kier molecular flexibility index (Phi) is 6.16. The van der Waals surface area contributed by atoms with Gasteiger partial charge in [0.25, 0.3) is 5.78 Å². The van der Waals surface area contributed by atoms with Crippen molar-refractivity contribution in [3.05, 3.63) is 17.0 Å².